The second kappa shape index (κ2) is 7.64. The number of ketones is 2. The van der Waals surface area contributed by atoms with Crippen LogP contribution < -0.4 is 4.57 Å². The number of rotatable bonds is 6. The number of hydrogen-bond donors (Lipinski definition) is 0. The molecule has 0 atom stereocenters. The molecule has 25 heavy (non-hydrogen) atoms. The molecular weight excluding hydrogens is 359 g/mol. The zero-order valence-corrected chi connectivity index (χ0v) is 14.7. The summed E-state index contributed by atoms with van der Waals surface area (Å²) in [6.45, 7) is 0.377. The Bertz CT molecular complexity index is 920. The lowest BCUT2D eigenvalue weighted by molar-refractivity contribution is -0.682. The van der Waals surface area contributed by atoms with Crippen LogP contribution in [0.15, 0.2) is 67.3 Å². The van der Waals surface area contributed by atoms with E-state index in [2.05, 4.69) is 0 Å². The van der Waals surface area contributed by atoms with Crippen molar-refractivity contribution in [1.29, 1.82) is 0 Å². The molecule has 0 radical (unpaired) electrons. The molecule has 6 heteroatoms. The lowest BCUT2D eigenvalue weighted by atomic mass is 10.1. The van der Waals surface area contributed by atoms with Gasteiger partial charge in [-0.15, -0.1) is 0 Å². The van der Waals surface area contributed by atoms with Crippen molar-refractivity contribution in [2.75, 3.05) is 0 Å². The van der Waals surface area contributed by atoms with Crippen LogP contribution in [-0.4, -0.2) is 16.1 Å². The fourth-order valence-corrected chi connectivity index (χ4v) is 2.73. The number of Topliss-reactive ketones (excluding diaryl/α,β-unsaturated/α-hetero) is 2. The quantitative estimate of drug-likeness (QED) is 0.486. The maximum Gasteiger partial charge on any atom is 0.244 e. The molecule has 0 saturated carbocycles. The predicted molar refractivity (Wildman–Crippen MR) is 96.2 cm³/mol. The Morgan fingerprint density at radius 3 is 2.40 bits per heavy atom. The fourth-order valence-electron chi connectivity index (χ4n) is 2.43. The number of imidazole rings is 1. The van der Waals surface area contributed by atoms with Gasteiger partial charge >= 0.3 is 0 Å². The number of benzene rings is 2. The van der Waals surface area contributed by atoms with Crippen molar-refractivity contribution in [1.82, 2.24) is 4.57 Å². The molecule has 126 valence electrons. The zero-order chi connectivity index (χ0) is 17.8. The summed E-state index contributed by atoms with van der Waals surface area (Å²) < 4.78 is 3.47. The second-order valence-corrected chi connectivity index (χ2v) is 6.41. The normalized spacial score (nSPS) is 10.6. The minimum Gasteiger partial charge on any atom is -0.290 e. The second-order valence-electron chi connectivity index (χ2n) is 5.60. The van der Waals surface area contributed by atoms with Crippen molar-refractivity contribution in [3.05, 3.63) is 88.4 Å². The SMILES string of the molecule is O=C(Cn1cc[n+](CC(=O)c2ccccc2)c1)c1ccc(Cl)c(Cl)c1. The summed E-state index contributed by atoms with van der Waals surface area (Å²) in [5.41, 5.74) is 1.16. The first kappa shape index (κ1) is 17.4. The van der Waals surface area contributed by atoms with E-state index in [0.717, 1.165) is 0 Å². The van der Waals surface area contributed by atoms with Gasteiger partial charge in [-0.3, -0.25) is 9.59 Å². The van der Waals surface area contributed by atoms with E-state index >= 15 is 0 Å². The first-order valence-corrected chi connectivity index (χ1v) is 8.40. The van der Waals surface area contributed by atoms with E-state index in [4.69, 9.17) is 23.2 Å². The topological polar surface area (TPSA) is 43.0 Å². The molecule has 0 spiro atoms. The molecule has 0 amide bonds. The molecule has 0 aliphatic carbocycles. The molecule has 1 heterocycles. The molecule has 1 aromatic heterocycles. The highest BCUT2D eigenvalue weighted by Crippen LogP contribution is 2.22. The van der Waals surface area contributed by atoms with Crippen molar-refractivity contribution >= 4 is 34.8 Å². The highest BCUT2D eigenvalue weighted by atomic mass is 35.5. The highest BCUT2D eigenvalue weighted by molar-refractivity contribution is 6.42. The molecule has 0 aliphatic rings. The Balaban J connectivity index is 1.66. The van der Waals surface area contributed by atoms with Crippen LogP contribution in [0.2, 0.25) is 10.0 Å². The Morgan fingerprint density at radius 1 is 0.920 bits per heavy atom. The number of aromatic nitrogens is 2. The van der Waals surface area contributed by atoms with Crippen LogP contribution >= 0.6 is 23.2 Å². The molecule has 0 N–H and O–H groups in total. The van der Waals surface area contributed by atoms with Gasteiger partial charge in [0.2, 0.25) is 17.9 Å². The number of hydrogen-bond acceptors (Lipinski definition) is 2. The van der Waals surface area contributed by atoms with E-state index < -0.39 is 0 Å². The van der Waals surface area contributed by atoms with Gasteiger partial charge in [0.05, 0.1) is 10.0 Å². The number of nitrogens with zero attached hydrogens (tertiary/aromatic N) is 2. The lowest BCUT2D eigenvalue weighted by Gasteiger charge is -2.01. The van der Waals surface area contributed by atoms with Gasteiger partial charge in [-0.2, -0.15) is 0 Å². The molecule has 2 aromatic carbocycles. The van der Waals surface area contributed by atoms with Crippen LogP contribution in [0.4, 0.5) is 0 Å². The average Bonchev–Trinajstić information content (AvgIpc) is 3.04. The summed E-state index contributed by atoms with van der Waals surface area (Å²) in [4.78, 5) is 24.5. The lowest BCUT2D eigenvalue weighted by Crippen LogP contribution is -2.36. The van der Waals surface area contributed by atoms with E-state index in [0.29, 0.717) is 21.2 Å². The van der Waals surface area contributed by atoms with Gasteiger partial charge < -0.3 is 0 Å². The van der Waals surface area contributed by atoms with Crippen LogP contribution in [0.3, 0.4) is 0 Å². The first-order chi connectivity index (χ1) is 12.0. The molecular formula is C19H15Cl2N2O2+. The summed E-state index contributed by atoms with van der Waals surface area (Å²) in [5.74, 6) is -0.0742. The largest absolute Gasteiger partial charge is 0.290 e. The van der Waals surface area contributed by atoms with Gasteiger partial charge in [0.1, 0.15) is 12.4 Å². The summed E-state index contributed by atoms with van der Waals surface area (Å²) >= 11 is 11.8. The zero-order valence-electron chi connectivity index (χ0n) is 13.2. The van der Waals surface area contributed by atoms with Gasteiger partial charge in [0.25, 0.3) is 0 Å². The first-order valence-electron chi connectivity index (χ1n) is 7.64. The minimum absolute atomic E-state index is 0.0131. The van der Waals surface area contributed by atoms with E-state index in [9.17, 15) is 9.59 Å². The molecule has 0 unspecified atom stereocenters. The average molecular weight is 374 g/mol. The highest BCUT2D eigenvalue weighted by Gasteiger charge is 2.15. The van der Waals surface area contributed by atoms with E-state index in [-0.39, 0.29) is 24.7 Å². The molecule has 3 aromatic rings. The Hall–Kier alpha value is -2.43. The van der Waals surface area contributed by atoms with E-state index in [1.54, 1.807) is 58.2 Å². The predicted octanol–water partition coefficient (Wildman–Crippen LogP) is 3.85. The van der Waals surface area contributed by atoms with Gasteiger partial charge in [0.15, 0.2) is 13.1 Å². The Labute approximate surface area is 155 Å². The molecule has 3 rings (SSSR count). The van der Waals surface area contributed by atoms with Crippen molar-refractivity contribution < 1.29 is 14.2 Å². The van der Waals surface area contributed by atoms with Crippen LogP contribution in [0, 0.1) is 0 Å². The summed E-state index contributed by atoms with van der Waals surface area (Å²) in [7, 11) is 0. The Morgan fingerprint density at radius 2 is 1.68 bits per heavy atom. The van der Waals surface area contributed by atoms with Crippen LogP contribution in [0.25, 0.3) is 0 Å². The van der Waals surface area contributed by atoms with E-state index in [1.807, 2.05) is 18.2 Å². The molecule has 0 bridgehead atoms. The molecule has 0 aliphatic heterocycles. The van der Waals surface area contributed by atoms with Crippen molar-refractivity contribution in [2.45, 2.75) is 13.1 Å². The van der Waals surface area contributed by atoms with Crippen LogP contribution in [0.1, 0.15) is 20.7 Å². The van der Waals surface area contributed by atoms with Gasteiger partial charge in [-0.1, -0.05) is 53.5 Å². The van der Waals surface area contributed by atoms with Crippen LogP contribution in [0.5, 0.6) is 0 Å². The number of halogens is 2. The molecule has 4 nitrogen and oxygen atoms in total. The van der Waals surface area contributed by atoms with Crippen molar-refractivity contribution in [2.24, 2.45) is 0 Å². The van der Waals surface area contributed by atoms with E-state index in [1.165, 1.54) is 0 Å². The van der Waals surface area contributed by atoms with Gasteiger partial charge in [0, 0.05) is 11.1 Å². The third-order valence-electron chi connectivity index (χ3n) is 3.74. The third-order valence-corrected chi connectivity index (χ3v) is 4.47. The standard InChI is InChI=1S/C19H15Cl2N2O2/c20-16-7-6-15(10-17(16)21)19(25)12-23-9-8-22(13-23)11-18(24)14-4-2-1-3-5-14/h1-10,13H,11-12H2/q+1. The smallest absolute Gasteiger partial charge is 0.244 e. The monoisotopic (exact) mass is 373 g/mol. The maximum atomic E-state index is 12.3. The fraction of sp³-hybridized carbons (Fsp3) is 0.105. The summed E-state index contributed by atoms with van der Waals surface area (Å²) in [6, 6.07) is 13.9. The Kier molecular flexibility index (Phi) is 5.31. The molecule has 0 saturated heterocycles. The number of carbonyl (C=O) groups is 2. The minimum atomic E-state index is -0.0873. The van der Waals surface area contributed by atoms with Gasteiger partial charge in [-0.25, -0.2) is 9.13 Å². The summed E-state index contributed by atoms with van der Waals surface area (Å²) in [6.07, 6.45) is 5.26. The third kappa shape index (κ3) is 4.35. The maximum absolute atomic E-state index is 12.3. The molecule has 0 fully saturated rings. The van der Waals surface area contributed by atoms with Crippen molar-refractivity contribution in [3.63, 3.8) is 0 Å². The van der Waals surface area contributed by atoms with Crippen molar-refractivity contribution in [3.8, 4) is 0 Å². The summed E-state index contributed by atoms with van der Waals surface area (Å²) in [5, 5.41) is 0.764. The van der Waals surface area contributed by atoms with Gasteiger partial charge in [-0.05, 0) is 18.2 Å². The number of carbonyl (C=O) groups excluding carboxylic acids is 2. The van der Waals surface area contributed by atoms with Crippen LogP contribution in [-0.2, 0) is 13.1 Å².